The van der Waals surface area contributed by atoms with Crippen molar-refractivity contribution in [3.05, 3.63) is 66.2 Å². The standard InChI is InChI=1S/C23H26N2O4S/c1-28-22-11-10-20(16-23(22)29-2)30(26,27)25-14-12-24(13-15-25)17-19-8-5-7-18-6-3-4-9-21(18)19/h3-11,16H,12-15,17H2,1-2H3. The summed E-state index contributed by atoms with van der Waals surface area (Å²) in [6.45, 7) is 3.11. The number of hydrogen-bond acceptors (Lipinski definition) is 5. The third-order valence-corrected chi connectivity index (χ3v) is 7.49. The second-order valence-electron chi connectivity index (χ2n) is 7.34. The molecule has 0 N–H and O–H groups in total. The highest BCUT2D eigenvalue weighted by Gasteiger charge is 2.29. The van der Waals surface area contributed by atoms with Gasteiger partial charge in [0, 0.05) is 38.8 Å². The van der Waals surface area contributed by atoms with Gasteiger partial charge >= 0.3 is 0 Å². The average molecular weight is 427 g/mol. The lowest BCUT2D eigenvalue weighted by Crippen LogP contribution is -2.48. The first-order valence-corrected chi connectivity index (χ1v) is 11.4. The molecule has 6 nitrogen and oxygen atoms in total. The van der Waals surface area contributed by atoms with Crippen LogP contribution in [0, 0.1) is 0 Å². The maximum Gasteiger partial charge on any atom is 0.243 e. The number of nitrogens with zero attached hydrogens (tertiary/aromatic N) is 2. The van der Waals surface area contributed by atoms with E-state index in [1.54, 1.807) is 16.4 Å². The zero-order chi connectivity index (χ0) is 21.1. The maximum absolute atomic E-state index is 13.1. The van der Waals surface area contributed by atoms with E-state index < -0.39 is 10.0 Å². The first-order valence-electron chi connectivity index (χ1n) is 9.94. The first kappa shape index (κ1) is 20.7. The van der Waals surface area contributed by atoms with E-state index in [9.17, 15) is 8.42 Å². The molecule has 0 aromatic heterocycles. The number of rotatable bonds is 6. The van der Waals surface area contributed by atoms with Crippen LogP contribution in [0.5, 0.6) is 11.5 Å². The summed E-state index contributed by atoms with van der Waals surface area (Å²) in [6, 6.07) is 19.4. The van der Waals surface area contributed by atoms with Crippen LogP contribution in [0.3, 0.4) is 0 Å². The highest BCUT2D eigenvalue weighted by atomic mass is 32.2. The molecule has 7 heteroatoms. The van der Waals surface area contributed by atoms with Gasteiger partial charge in [-0.1, -0.05) is 42.5 Å². The van der Waals surface area contributed by atoms with E-state index in [1.807, 2.05) is 6.07 Å². The molecular weight excluding hydrogens is 400 g/mol. The van der Waals surface area contributed by atoms with E-state index in [0.29, 0.717) is 37.7 Å². The Morgan fingerprint density at radius 2 is 1.53 bits per heavy atom. The highest BCUT2D eigenvalue weighted by molar-refractivity contribution is 7.89. The molecule has 0 unspecified atom stereocenters. The number of sulfonamides is 1. The minimum absolute atomic E-state index is 0.225. The lowest BCUT2D eigenvalue weighted by molar-refractivity contribution is 0.182. The molecule has 0 bridgehead atoms. The SMILES string of the molecule is COc1ccc(S(=O)(=O)N2CCN(Cc3cccc4ccccc34)CC2)cc1OC. The van der Waals surface area contributed by atoms with Crippen molar-refractivity contribution in [3.8, 4) is 11.5 Å². The van der Waals surface area contributed by atoms with Crippen LogP contribution in [0.2, 0.25) is 0 Å². The Hall–Kier alpha value is -2.61. The molecule has 0 amide bonds. The Kier molecular flexibility index (Phi) is 5.94. The lowest BCUT2D eigenvalue weighted by Gasteiger charge is -2.34. The molecule has 158 valence electrons. The summed E-state index contributed by atoms with van der Waals surface area (Å²) in [5.74, 6) is 0.921. The van der Waals surface area contributed by atoms with Crippen LogP contribution in [0.25, 0.3) is 10.8 Å². The molecule has 0 saturated carbocycles. The van der Waals surface area contributed by atoms with E-state index >= 15 is 0 Å². The zero-order valence-electron chi connectivity index (χ0n) is 17.2. The summed E-state index contributed by atoms with van der Waals surface area (Å²) in [6.07, 6.45) is 0. The molecule has 0 radical (unpaired) electrons. The highest BCUT2D eigenvalue weighted by Crippen LogP contribution is 2.31. The number of methoxy groups -OCH3 is 2. The maximum atomic E-state index is 13.1. The smallest absolute Gasteiger partial charge is 0.243 e. The molecule has 0 spiro atoms. The first-order chi connectivity index (χ1) is 14.5. The Bertz CT molecular complexity index is 1130. The van der Waals surface area contributed by atoms with Gasteiger partial charge in [-0.15, -0.1) is 0 Å². The van der Waals surface area contributed by atoms with Gasteiger partial charge < -0.3 is 9.47 Å². The Balaban J connectivity index is 1.46. The Morgan fingerprint density at radius 1 is 0.833 bits per heavy atom. The number of ether oxygens (including phenoxy) is 2. The van der Waals surface area contributed by atoms with E-state index in [2.05, 4.69) is 41.3 Å². The minimum Gasteiger partial charge on any atom is -0.493 e. The van der Waals surface area contributed by atoms with E-state index in [4.69, 9.17) is 9.47 Å². The fraction of sp³-hybridized carbons (Fsp3) is 0.304. The molecule has 1 aliphatic rings. The van der Waals surface area contributed by atoms with Crippen molar-refractivity contribution in [2.24, 2.45) is 0 Å². The Labute approximate surface area is 177 Å². The molecule has 1 aliphatic heterocycles. The third kappa shape index (κ3) is 4.01. The molecule has 30 heavy (non-hydrogen) atoms. The van der Waals surface area contributed by atoms with Crippen molar-refractivity contribution in [2.45, 2.75) is 11.4 Å². The predicted molar refractivity (Wildman–Crippen MR) is 118 cm³/mol. The van der Waals surface area contributed by atoms with Crippen molar-refractivity contribution in [1.82, 2.24) is 9.21 Å². The van der Waals surface area contributed by atoms with Crippen molar-refractivity contribution < 1.29 is 17.9 Å². The van der Waals surface area contributed by atoms with Gasteiger partial charge in [-0.25, -0.2) is 8.42 Å². The summed E-state index contributed by atoms with van der Waals surface area (Å²) in [4.78, 5) is 2.53. The number of piperazine rings is 1. The fourth-order valence-corrected chi connectivity index (χ4v) is 5.36. The predicted octanol–water partition coefficient (Wildman–Crippen LogP) is 3.36. The van der Waals surface area contributed by atoms with E-state index in [0.717, 1.165) is 6.54 Å². The van der Waals surface area contributed by atoms with Crippen LogP contribution in [-0.4, -0.2) is 58.0 Å². The largest absolute Gasteiger partial charge is 0.493 e. The van der Waals surface area contributed by atoms with Gasteiger partial charge in [0.15, 0.2) is 11.5 Å². The van der Waals surface area contributed by atoms with Gasteiger partial charge in [-0.3, -0.25) is 4.90 Å². The second-order valence-corrected chi connectivity index (χ2v) is 9.27. The third-order valence-electron chi connectivity index (χ3n) is 5.60. The molecular formula is C23H26N2O4S. The summed E-state index contributed by atoms with van der Waals surface area (Å²) in [5.41, 5.74) is 1.27. The van der Waals surface area contributed by atoms with Gasteiger partial charge in [-0.2, -0.15) is 4.31 Å². The van der Waals surface area contributed by atoms with Crippen LogP contribution in [0.15, 0.2) is 65.6 Å². The van der Waals surface area contributed by atoms with Crippen molar-refractivity contribution in [3.63, 3.8) is 0 Å². The molecule has 4 rings (SSSR count). The van der Waals surface area contributed by atoms with Crippen molar-refractivity contribution in [1.29, 1.82) is 0 Å². The minimum atomic E-state index is -3.58. The van der Waals surface area contributed by atoms with Gasteiger partial charge in [0.25, 0.3) is 0 Å². The van der Waals surface area contributed by atoms with Crippen LogP contribution >= 0.6 is 0 Å². The molecule has 3 aromatic carbocycles. The van der Waals surface area contributed by atoms with Crippen LogP contribution < -0.4 is 9.47 Å². The van der Waals surface area contributed by atoms with Crippen LogP contribution in [0.4, 0.5) is 0 Å². The van der Waals surface area contributed by atoms with Crippen molar-refractivity contribution >= 4 is 20.8 Å². The van der Waals surface area contributed by atoms with Gasteiger partial charge in [0.2, 0.25) is 10.0 Å². The monoisotopic (exact) mass is 426 g/mol. The molecule has 1 heterocycles. The van der Waals surface area contributed by atoms with E-state index in [1.165, 1.54) is 36.6 Å². The summed E-state index contributed by atoms with van der Waals surface area (Å²) < 4.78 is 38.2. The molecule has 1 saturated heterocycles. The van der Waals surface area contributed by atoms with Gasteiger partial charge in [-0.05, 0) is 28.5 Å². The van der Waals surface area contributed by atoms with Crippen LogP contribution in [-0.2, 0) is 16.6 Å². The quantitative estimate of drug-likeness (QED) is 0.605. The molecule has 1 fully saturated rings. The molecule has 0 aliphatic carbocycles. The van der Waals surface area contributed by atoms with Gasteiger partial charge in [0.1, 0.15) is 0 Å². The molecule has 3 aromatic rings. The second kappa shape index (κ2) is 8.63. The zero-order valence-corrected chi connectivity index (χ0v) is 18.1. The summed E-state index contributed by atoms with van der Waals surface area (Å²) in [5, 5.41) is 2.48. The Morgan fingerprint density at radius 3 is 2.27 bits per heavy atom. The number of hydrogen-bond donors (Lipinski definition) is 0. The van der Waals surface area contributed by atoms with E-state index in [-0.39, 0.29) is 4.90 Å². The molecule has 0 atom stereocenters. The number of benzene rings is 3. The average Bonchev–Trinajstić information content (AvgIpc) is 2.79. The number of fused-ring (bicyclic) bond motifs is 1. The summed E-state index contributed by atoms with van der Waals surface area (Å²) >= 11 is 0. The van der Waals surface area contributed by atoms with Crippen LogP contribution in [0.1, 0.15) is 5.56 Å². The van der Waals surface area contributed by atoms with Gasteiger partial charge in [0.05, 0.1) is 19.1 Å². The topological polar surface area (TPSA) is 59.1 Å². The van der Waals surface area contributed by atoms with Crippen molar-refractivity contribution in [2.75, 3.05) is 40.4 Å². The lowest BCUT2D eigenvalue weighted by atomic mass is 10.0. The normalized spacial score (nSPS) is 15.9. The fourth-order valence-electron chi connectivity index (χ4n) is 3.93. The summed E-state index contributed by atoms with van der Waals surface area (Å²) in [7, 11) is -0.550.